The lowest BCUT2D eigenvalue weighted by molar-refractivity contribution is -0.118. The number of thioether (sulfide) groups is 1. The lowest BCUT2D eigenvalue weighted by Crippen LogP contribution is -2.26. The Morgan fingerprint density at radius 3 is 2.68 bits per heavy atom. The first-order chi connectivity index (χ1) is 13.5. The Kier molecular flexibility index (Phi) is 7.19. The molecule has 0 aliphatic carbocycles. The number of carbonyl (C=O) groups is 1. The van der Waals surface area contributed by atoms with Crippen LogP contribution in [0.15, 0.2) is 53.7 Å². The fourth-order valence-corrected chi connectivity index (χ4v) is 3.76. The van der Waals surface area contributed by atoms with Gasteiger partial charge in [0.2, 0.25) is 11.1 Å². The van der Waals surface area contributed by atoms with E-state index in [-0.39, 0.29) is 11.7 Å². The summed E-state index contributed by atoms with van der Waals surface area (Å²) in [6.07, 6.45) is 1.81. The minimum Gasteiger partial charge on any atom is -0.355 e. The minimum atomic E-state index is -0.0767. The first kappa shape index (κ1) is 20.5. The largest absolute Gasteiger partial charge is 0.355 e. The Balaban J connectivity index is 1.48. The van der Waals surface area contributed by atoms with Gasteiger partial charge in [-0.25, -0.2) is 4.68 Å². The van der Waals surface area contributed by atoms with Gasteiger partial charge in [0.25, 0.3) is 0 Å². The van der Waals surface area contributed by atoms with E-state index in [1.54, 1.807) is 18.2 Å². The molecule has 3 aromatic rings. The standard InChI is InChI=1S/C19H19Cl2N5OS/c20-14-8-9-15(16(21)11-14)18-24-25-19(26(18)22)28-12-17(27)23-10-4-7-13-5-2-1-3-6-13/h1-3,5-6,8-9,11H,4,7,10,12,22H2,(H,23,27). The Morgan fingerprint density at radius 1 is 1.14 bits per heavy atom. The number of aryl methyl sites for hydroxylation is 1. The molecule has 0 aliphatic rings. The van der Waals surface area contributed by atoms with Crippen LogP contribution in [0, 0.1) is 0 Å². The van der Waals surface area contributed by atoms with Crippen molar-refractivity contribution < 1.29 is 4.79 Å². The number of hydrogen-bond acceptors (Lipinski definition) is 5. The molecule has 1 amide bonds. The maximum absolute atomic E-state index is 12.0. The summed E-state index contributed by atoms with van der Waals surface area (Å²) in [6.45, 7) is 0.620. The molecule has 2 aromatic carbocycles. The van der Waals surface area contributed by atoms with Crippen molar-refractivity contribution >= 4 is 40.9 Å². The number of aromatic nitrogens is 3. The van der Waals surface area contributed by atoms with Gasteiger partial charge in [0.05, 0.1) is 10.8 Å². The number of nitrogens with two attached hydrogens (primary N) is 1. The second-order valence-electron chi connectivity index (χ2n) is 6.03. The van der Waals surface area contributed by atoms with E-state index >= 15 is 0 Å². The highest BCUT2D eigenvalue weighted by atomic mass is 35.5. The summed E-state index contributed by atoms with van der Waals surface area (Å²) < 4.78 is 1.32. The van der Waals surface area contributed by atoms with Crippen LogP contribution in [-0.4, -0.2) is 33.1 Å². The summed E-state index contributed by atoms with van der Waals surface area (Å²) in [5.74, 6) is 6.60. The average Bonchev–Trinajstić information content (AvgIpc) is 3.05. The van der Waals surface area contributed by atoms with Crippen molar-refractivity contribution in [2.45, 2.75) is 18.0 Å². The predicted molar refractivity (Wildman–Crippen MR) is 114 cm³/mol. The summed E-state index contributed by atoms with van der Waals surface area (Å²) in [5, 5.41) is 12.4. The number of rotatable bonds is 8. The topological polar surface area (TPSA) is 85.8 Å². The van der Waals surface area contributed by atoms with Gasteiger partial charge in [0.1, 0.15) is 0 Å². The SMILES string of the molecule is Nn1c(SCC(=O)NCCCc2ccccc2)nnc1-c1ccc(Cl)cc1Cl. The summed E-state index contributed by atoms with van der Waals surface area (Å²) in [4.78, 5) is 12.0. The highest BCUT2D eigenvalue weighted by molar-refractivity contribution is 7.99. The number of nitrogens with zero attached hydrogens (tertiary/aromatic N) is 3. The third-order valence-electron chi connectivity index (χ3n) is 3.98. The van der Waals surface area contributed by atoms with Crippen LogP contribution in [0.4, 0.5) is 0 Å². The van der Waals surface area contributed by atoms with Crippen LogP contribution in [0.1, 0.15) is 12.0 Å². The molecule has 0 fully saturated rings. The summed E-state index contributed by atoms with van der Waals surface area (Å²) in [6, 6.07) is 15.2. The smallest absolute Gasteiger partial charge is 0.230 e. The van der Waals surface area contributed by atoms with E-state index in [0.717, 1.165) is 12.8 Å². The molecule has 3 rings (SSSR count). The van der Waals surface area contributed by atoms with Gasteiger partial charge in [-0.3, -0.25) is 4.79 Å². The van der Waals surface area contributed by atoms with Crippen molar-refractivity contribution in [3.05, 3.63) is 64.1 Å². The second kappa shape index (κ2) is 9.82. The maximum atomic E-state index is 12.0. The van der Waals surface area contributed by atoms with Crippen molar-refractivity contribution in [1.82, 2.24) is 20.2 Å². The molecule has 1 aromatic heterocycles. The number of nitrogens with one attached hydrogen (secondary N) is 1. The van der Waals surface area contributed by atoms with E-state index in [0.29, 0.717) is 33.1 Å². The zero-order chi connectivity index (χ0) is 19.9. The van der Waals surface area contributed by atoms with Crippen molar-refractivity contribution in [1.29, 1.82) is 0 Å². The lowest BCUT2D eigenvalue weighted by Gasteiger charge is -2.06. The van der Waals surface area contributed by atoms with Crippen LogP contribution < -0.4 is 11.2 Å². The second-order valence-corrected chi connectivity index (χ2v) is 7.81. The van der Waals surface area contributed by atoms with Gasteiger partial charge in [-0.05, 0) is 36.6 Å². The number of hydrogen-bond donors (Lipinski definition) is 2. The van der Waals surface area contributed by atoms with Gasteiger partial charge in [0.15, 0.2) is 5.82 Å². The lowest BCUT2D eigenvalue weighted by atomic mass is 10.1. The third kappa shape index (κ3) is 5.41. The van der Waals surface area contributed by atoms with Gasteiger partial charge in [0, 0.05) is 17.1 Å². The molecular formula is C19H19Cl2N5OS. The molecule has 1 heterocycles. The predicted octanol–water partition coefficient (Wildman–Crippen LogP) is 3.81. The van der Waals surface area contributed by atoms with Crippen molar-refractivity contribution in [3.63, 3.8) is 0 Å². The Hall–Kier alpha value is -2.22. The molecule has 0 radical (unpaired) electrons. The number of nitrogen functional groups attached to an aromatic ring is 1. The van der Waals surface area contributed by atoms with Gasteiger partial charge in [-0.15, -0.1) is 10.2 Å². The van der Waals surface area contributed by atoms with Gasteiger partial charge in [-0.2, -0.15) is 0 Å². The number of amides is 1. The molecule has 0 aliphatic heterocycles. The Morgan fingerprint density at radius 2 is 1.93 bits per heavy atom. The molecule has 9 heteroatoms. The van der Waals surface area contributed by atoms with Crippen molar-refractivity contribution in [3.8, 4) is 11.4 Å². The maximum Gasteiger partial charge on any atom is 0.230 e. The Bertz CT molecular complexity index is 949. The average molecular weight is 436 g/mol. The molecule has 3 N–H and O–H groups in total. The molecule has 0 atom stereocenters. The number of benzene rings is 2. The van der Waals surface area contributed by atoms with Crippen LogP contribution in [0.3, 0.4) is 0 Å². The molecule has 6 nitrogen and oxygen atoms in total. The van der Waals surface area contributed by atoms with Gasteiger partial charge >= 0.3 is 0 Å². The van der Waals surface area contributed by atoms with Crippen molar-refractivity contribution in [2.75, 3.05) is 18.1 Å². The Labute approximate surface area is 177 Å². The molecule has 0 spiro atoms. The van der Waals surface area contributed by atoms with E-state index in [1.807, 2.05) is 18.2 Å². The van der Waals surface area contributed by atoms with Crippen LogP contribution in [0.2, 0.25) is 10.0 Å². The highest BCUT2D eigenvalue weighted by Gasteiger charge is 2.16. The monoisotopic (exact) mass is 435 g/mol. The van der Waals surface area contributed by atoms with E-state index in [2.05, 4.69) is 27.6 Å². The quantitative estimate of drug-likeness (QED) is 0.319. The van der Waals surface area contributed by atoms with E-state index in [4.69, 9.17) is 29.0 Å². The molecule has 0 saturated heterocycles. The fraction of sp³-hybridized carbons (Fsp3) is 0.211. The van der Waals surface area contributed by atoms with Crippen LogP contribution in [0.5, 0.6) is 0 Å². The zero-order valence-corrected chi connectivity index (χ0v) is 17.3. The first-order valence-corrected chi connectivity index (χ1v) is 10.4. The first-order valence-electron chi connectivity index (χ1n) is 8.64. The molecule has 0 bridgehead atoms. The zero-order valence-electron chi connectivity index (χ0n) is 14.9. The van der Waals surface area contributed by atoms with Gasteiger partial charge in [-0.1, -0.05) is 65.3 Å². The van der Waals surface area contributed by atoms with E-state index < -0.39 is 0 Å². The van der Waals surface area contributed by atoms with Crippen LogP contribution in [-0.2, 0) is 11.2 Å². The van der Waals surface area contributed by atoms with E-state index in [1.165, 1.54) is 22.0 Å². The normalized spacial score (nSPS) is 10.8. The molecule has 0 saturated carbocycles. The summed E-state index contributed by atoms with van der Waals surface area (Å²) in [7, 11) is 0. The minimum absolute atomic E-state index is 0.0767. The van der Waals surface area contributed by atoms with Gasteiger partial charge < -0.3 is 11.2 Å². The highest BCUT2D eigenvalue weighted by Crippen LogP contribution is 2.30. The third-order valence-corrected chi connectivity index (χ3v) is 5.47. The molecular weight excluding hydrogens is 417 g/mol. The van der Waals surface area contributed by atoms with E-state index in [9.17, 15) is 4.79 Å². The fourth-order valence-electron chi connectivity index (χ4n) is 2.58. The molecule has 0 unspecified atom stereocenters. The number of halogens is 2. The van der Waals surface area contributed by atoms with Crippen LogP contribution in [0.25, 0.3) is 11.4 Å². The van der Waals surface area contributed by atoms with Crippen LogP contribution >= 0.6 is 35.0 Å². The summed E-state index contributed by atoms with van der Waals surface area (Å²) in [5.41, 5.74) is 1.88. The molecule has 28 heavy (non-hydrogen) atoms. The van der Waals surface area contributed by atoms with Crippen molar-refractivity contribution in [2.24, 2.45) is 0 Å². The summed E-state index contributed by atoms with van der Waals surface area (Å²) >= 11 is 13.3. The number of carbonyl (C=O) groups excluding carboxylic acids is 1. The molecule has 146 valence electrons.